The number of aromatic nitrogens is 1. The molecule has 4 rings (SSSR count). The third-order valence-electron chi connectivity index (χ3n) is 6.21. The predicted octanol–water partition coefficient (Wildman–Crippen LogP) is 2.96. The summed E-state index contributed by atoms with van der Waals surface area (Å²) in [7, 11) is -3.18. The van der Waals surface area contributed by atoms with Crippen LogP contribution in [0.15, 0.2) is 42.6 Å². The SMILES string of the molecule is CCS(=O)(=O)N1CCC(c2c[nH]c3c(C(N)=O)cc(-c4ccc(CO)cc4)cc23)CC1. The molecule has 1 aromatic heterocycles. The molecule has 164 valence electrons. The van der Waals surface area contributed by atoms with E-state index in [2.05, 4.69) is 11.1 Å². The first-order valence-electron chi connectivity index (χ1n) is 10.5. The van der Waals surface area contributed by atoms with E-state index in [9.17, 15) is 18.3 Å². The van der Waals surface area contributed by atoms with Crippen molar-refractivity contribution in [3.63, 3.8) is 0 Å². The number of aliphatic hydroxyl groups excluding tert-OH is 1. The van der Waals surface area contributed by atoms with Gasteiger partial charge in [-0.3, -0.25) is 4.79 Å². The van der Waals surface area contributed by atoms with Gasteiger partial charge in [-0.25, -0.2) is 12.7 Å². The standard InChI is InChI=1S/C23H27N3O4S/c1-2-31(29,30)26-9-7-17(8-10-26)21-13-25-22-19(21)11-18(12-20(22)23(24)28)16-5-3-15(14-27)4-6-16/h3-6,11-13,17,25,27H,2,7-10,14H2,1H3,(H2,24,28). The van der Waals surface area contributed by atoms with E-state index in [0.717, 1.165) is 40.5 Å². The highest BCUT2D eigenvalue weighted by atomic mass is 32.2. The Kier molecular flexibility index (Phi) is 5.88. The van der Waals surface area contributed by atoms with Gasteiger partial charge in [-0.05, 0) is 60.1 Å². The summed E-state index contributed by atoms with van der Waals surface area (Å²) in [4.78, 5) is 15.4. The lowest BCUT2D eigenvalue weighted by Crippen LogP contribution is -2.38. The number of nitrogens with zero attached hydrogens (tertiary/aromatic N) is 1. The van der Waals surface area contributed by atoms with Crippen molar-refractivity contribution in [3.8, 4) is 11.1 Å². The molecule has 7 nitrogen and oxygen atoms in total. The zero-order valence-electron chi connectivity index (χ0n) is 17.5. The van der Waals surface area contributed by atoms with Crippen LogP contribution in [0, 0.1) is 0 Å². The molecule has 1 fully saturated rings. The number of piperidine rings is 1. The molecule has 1 aliphatic heterocycles. The second-order valence-electron chi connectivity index (χ2n) is 7.98. The number of fused-ring (bicyclic) bond motifs is 1. The first-order chi connectivity index (χ1) is 14.8. The van der Waals surface area contributed by atoms with Crippen LogP contribution >= 0.6 is 0 Å². The quantitative estimate of drug-likeness (QED) is 0.545. The summed E-state index contributed by atoms with van der Waals surface area (Å²) in [6.45, 7) is 2.64. The van der Waals surface area contributed by atoms with Gasteiger partial charge in [0.2, 0.25) is 10.0 Å². The fourth-order valence-electron chi connectivity index (χ4n) is 4.38. The van der Waals surface area contributed by atoms with Crippen molar-refractivity contribution in [2.45, 2.75) is 32.3 Å². The third-order valence-corrected chi connectivity index (χ3v) is 8.09. The Balaban J connectivity index is 1.72. The van der Waals surface area contributed by atoms with Gasteiger partial charge in [0.25, 0.3) is 5.91 Å². The summed E-state index contributed by atoms with van der Waals surface area (Å²) in [5.74, 6) is -0.189. The van der Waals surface area contributed by atoms with E-state index in [1.807, 2.05) is 30.5 Å². The first-order valence-corrected chi connectivity index (χ1v) is 12.1. The number of H-pyrrole nitrogens is 1. The van der Waals surface area contributed by atoms with E-state index in [1.54, 1.807) is 17.3 Å². The van der Waals surface area contributed by atoms with Crippen molar-refractivity contribution in [3.05, 3.63) is 59.3 Å². The van der Waals surface area contributed by atoms with Crippen LogP contribution in [-0.4, -0.2) is 47.6 Å². The number of sulfonamides is 1. The van der Waals surface area contributed by atoms with Gasteiger partial charge < -0.3 is 15.8 Å². The number of carbonyl (C=O) groups is 1. The first kappa shape index (κ1) is 21.5. The zero-order chi connectivity index (χ0) is 22.2. The third kappa shape index (κ3) is 4.11. The number of amides is 1. The minimum absolute atomic E-state index is 0.0275. The van der Waals surface area contributed by atoms with Gasteiger partial charge in [0.15, 0.2) is 0 Å². The lowest BCUT2D eigenvalue weighted by atomic mass is 9.88. The Morgan fingerprint density at radius 1 is 1.16 bits per heavy atom. The van der Waals surface area contributed by atoms with Crippen molar-refractivity contribution in [2.75, 3.05) is 18.8 Å². The van der Waals surface area contributed by atoms with Crippen LogP contribution in [0.5, 0.6) is 0 Å². The molecule has 1 amide bonds. The molecule has 0 unspecified atom stereocenters. The van der Waals surface area contributed by atoms with Gasteiger partial charge in [-0.1, -0.05) is 24.3 Å². The smallest absolute Gasteiger partial charge is 0.250 e. The molecule has 3 aromatic rings. The van der Waals surface area contributed by atoms with Gasteiger partial charge in [0.1, 0.15) is 0 Å². The topological polar surface area (TPSA) is 116 Å². The number of nitrogens with two attached hydrogens (primary N) is 1. The summed E-state index contributed by atoms with van der Waals surface area (Å²) >= 11 is 0. The monoisotopic (exact) mass is 441 g/mol. The maximum absolute atomic E-state index is 12.2. The molecule has 2 aromatic carbocycles. The van der Waals surface area contributed by atoms with E-state index in [0.29, 0.717) is 24.2 Å². The number of aromatic amines is 1. The Hall–Kier alpha value is -2.68. The fourth-order valence-corrected chi connectivity index (χ4v) is 5.51. The molecule has 0 bridgehead atoms. The van der Waals surface area contributed by atoms with E-state index >= 15 is 0 Å². The Morgan fingerprint density at radius 3 is 2.42 bits per heavy atom. The Bertz CT molecular complexity index is 1210. The predicted molar refractivity (Wildman–Crippen MR) is 121 cm³/mol. The highest BCUT2D eigenvalue weighted by Crippen LogP contribution is 2.37. The minimum Gasteiger partial charge on any atom is -0.392 e. The van der Waals surface area contributed by atoms with Crippen molar-refractivity contribution in [1.82, 2.24) is 9.29 Å². The highest BCUT2D eigenvalue weighted by Gasteiger charge is 2.29. The van der Waals surface area contributed by atoms with Crippen molar-refractivity contribution in [2.24, 2.45) is 5.73 Å². The number of nitrogens with one attached hydrogen (secondary N) is 1. The van der Waals surface area contributed by atoms with Crippen molar-refractivity contribution >= 4 is 26.8 Å². The number of aliphatic hydroxyl groups is 1. The van der Waals surface area contributed by atoms with E-state index in [1.165, 1.54) is 0 Å². The largest absolute Gasteiger partial charge is 0.392 e. The van der Waals surface area contributed by atoms with Gasteiger partial charge in [0.05, 0.1) is 23.4 Å². The summed E-state index contributed by atoms with van der Waals surface area (Å²) in [6.07, 6.45) is 3.38. The average Bonchev–Trinajstić information content (AvgIpc) is 3.22. The normalized spacial score (nSPS) is 16.1. The molecule has 0 radical (unpaired) electrons. The molecule has 31 heavy (non-hydrogen) atoms. The summed E-state index contributed by atoms with van der Waals surface area (Å²) in [6, 6.07) is 11.4. The number of carbonyl (C=O) groups excluding carboxylic acids is 1. The second kappa shape index (κ2) is 8.45. The van der Waals surface area contributed by atoms with Gasteiger partial charge >= 0.3 is 0 Å². The van der Waals surface area contributed by atoms with Crippen molar-refractivity contribution in [1.29, 1.82) is 0 Å². The summed E-state index contributed by atoms with van der Waals surface area (Å²) in [5, 5.41) is 10.2. The molecule has 1 saturated heterocycles. The van der Waals surface area contributed by atoms with Crippen LogP contribution in [-0.2, 0) is 16.6 Å². The molecule has 0 aliphatic carbocycles. The van der Waals surface area contributed by atoms with Crippen molar-refractivity contribution < 1.29 is 18.3 Å². The molecular formula is C23H27N3O4S. The molecule has 0 atom stereocenters. The Labute approximate surface area is 181 Å². The number of benzene rings is 2. The highest BCUT2D eigenvalue weighted by molar-refractivity contribution is 7.89. The lowest BCUT2D eigenvalue weighted by Gasteiger charge is -2.31. The van der Waals surface area contributed by atoms with Crippen LogP contribution in [0.2, 0.25) is 0 Å². The maximum Gasteiger partial charge on any atom is 0.250 e. The molecule has 1 aliphatic rings. The number of rotatable bonds is 6. The van der Waals surface area contributed by atoms with Crippen LogP contribution < -0.4 is 5.73 Å². The van der Waals surface area contributed by atoms with E-state index < -0.39 is 15.9 Å². The summed E-state index contributed by atoms with van der Waals surface area (Å²) < 4.78 is 25.9. The number of hydrogen-bond donors (Lipinski definition) is 3. The van der Waals surface area contributed by atoms with E-state index in [-0.39, 0.29) is 18.3 Å². The fraction of sp³-hybridized carbons (Fsp3) is 0.348. The second-order valence-corrected chi connectivity index (χ2v) is 10.2. The molecule has 2 heterocycles. The molecule has 0 saturated carbocycles. The number of hydrogen-bond acceptors (Lipinski definition) is 4. The van der Waals surface area contributed by atoms with Crippen LogP contribution in [0.25, 0.3) is 22.0 Å². The Morgan fingerprint density at radius 2 is 1.84 bits per heavy atom. The summed E-state index contributed by atoms with van der Waals surface area (Å²) in [5.41, 5.74) is 10.5. The van der Waals surface area contributed by atoms with Crippen LogP contribution in [0.3, 0.4) is 0 Å². The van der Waals surface area contributed by atoms with Gasteiger partial charge in [0, 0.05) is 24.7 Å². The van der Waals surface area contributed by atoms with E-state index in [4.69, 9.17) is 5.73 Å². The molecule has 0 spiro atoms. The lowest BCUT2D eigenvalue weighted by molar-refractivity contribution is 0.100. The van der Waals surface area contributed by atoms with Gasteiger partial charge in [-0.15, -0.1) is 0 Å². The molecule has 4 N–H and O–H groups in total. The molecular weight excluding hydrogens is 414 g/mol. The molecule has 8 heteroatoms. The maximum atomic E-state index is 12.2. The van der Waals surface area contributed by atoms with Crippen LogP contribution in [0.1, 0.15) is 47.2 Å². The zero-order valence-corrected chi connectivity index (χ0v) is 18.3. The van der Waals surface area contributed by atoms with Crippen LogP contribution in [0.4, 0.5) is 0 Å². The minimum atomic E-state index is -3.18. The number of primary amides is 1. The average molecular weight is 442 g/mol. The van der Waals surface area contributed by atoms with Gasteiger partial charge in [-0.2, -0.15) is 0 Å².